The Morgan fingerprint density at radius 3 is 2.78 bits per heavy atom. The predicted octanol–water partition coefficient (Wildman–Crippen LogP) is 1.79. The van der Waals surface area contributed by atoms with Crippen LogP contribution in [0.4, 0.5) is 0 Å². The lowest BCUT2D eigenvalue weighted by Crippen LogP contribution is -2.39. The van der Waals surface area contributed by atoms with E-state index < -0.39 is 0 Å². The third kappa shape index (κ3) is 1.95. The molecule has 3 rings (SSSR count). The summed E-state index contributed by atoms with van der Waals surface area (Å²) in [7, 11) is 0. The highest BCUT2D eigenvalue weighted by Gasteiger charge is 2.43. The van der Waals surface area contributed by atoms with Gasteiger partial charge in [0.2, 0.25) is 0 Å². The molecule has 0 aliphatic heterocycles. The van der Waals surface area contributed by atoms with E-state index in [-0.39, 0.29) is 18.1 Å². The lowest BCUT2D eigenvalue weighted by Gasteiger charge is -2.14. The molecule has 18 heavy (non-hydrogen) atoms. The zero-order chi connectivity index (χ0) is 12.6. The van der Waals surface area contributed by atoms with Gasteiger partial charge in [-0.05, 0) is 36.4 Å². The van der Waals surface area contributed by atoms with Crippen molar-refractivity contribution in [3.05, 3.63) is 40.8 Å². The van der Waals surface area contributed by atoms with E-state index in [0.29, 0.717) is 4.88 Å². The molecule has 4 nitrogen and oxygen atoms in total. The van der Waals surface area contributed by atoms with Gasteiger partial charge in [0.1, 0.15) is 4.88 Å². The van der Waals surface area contributed by atoms with E-state index in [1.165, 1.54) is 11.3 Å². The smallest absolute Gasteiger partial charge is 0.264 e. The molecule has 1 amide bonds. The zero-order valence-electron chi connectivity index (χ0n) is 9.80. The predicted molar refractivity (Wildman–Crippen MR) is 70.2 cm³/mol. The Morgan fingerprint density at radius 1 is 1.44 bits per heavy atom. The number of hydrogen-bond acceptors (Lipinski definition) is 3. The molecule has 0 radical (unpaired) electrons. The molecule has 2 aromatic rings. The fourth-order valence-corrected chi connectivity index (χ4v) is 2.73. The van der Waals surface area contributed by atoms with Crippen molar-refractivity contribution in [2.24, 2.45) is 0 Å². The van der Waals surface area contributed by atoms with Crippen LogP contribution >= 0.6 is 11.3 Å². The molecule has 0 saturated heterocycles. The first-order valence-corrected chi connectivity index (χ1v) is 6.76. The van der Waals surface area contributed by atoms with Crippen LogP contribution in [0.15, 0.2) is 36.0 Å². The van der Waals surface area contributed by atoms with E-state index in [2.05, 4.69) is 5.32 Å². The van der Waals surface area contributed by atoms with Crippen LogP contribution in [0.5, 0.6) is 0 Å². The molecule has 1 saturated carbocycles. The first-order valence-electron chi connectivity index (χ1n) is 5.88. The van der Waals surface area contributed by atoms with Gasteiger partial charge < -0.3 is 15.0 Å². The van der Waals surface area contributed by atoms with Crippen LogP contribution in [0, 0.1) is 0 Å². The first kappa shape index (κ1) is 11.5. The molecule has 2 aromatic heterocycles. The van der Waals surface area contributed by atoms with Gasteiger partial charge in [0, 0.05) is 12.4 Å². The second-order valence-corrected chi connectivity index (χ2v) is 5.53. The first-order chi connectivity index (χ1) is 8.74. The number of rotatable bonds is 4. The second kappa shape index (κ2) is 4.26. The Labute approximate surface area is 109 Å². The highest BCUT2D eigenvalue weighted by atomic mass is 32.1. The summed E-state index contributed by atoms with van der Waals surface area (Å²) in [5.41, 5.74) is 0.519. The lowest BCUT2D eigenvalue weighted by atomic mass is 10.2. The average molecular weight is 262 g/mol. The molecule has 2 N–H and O–H groups in total. The quantitative estimate of drug-likeness (QED) is 0.882. The summed E-state index contributed by atoms with van der Waals surface area (Å²) in [6, 6.07) is 5.78. The summed E-state index contributed by atoms with van der Waals surface area (Å²) in [4.78, 5) is 12.9. The Bertz CT molecular complexity index is 555. The number of aromatic nitrogens is 1. The maximum absolute atomic E-state index is 12.2. The van der Waals surface area contributed by atoms with Gasteiger partial charge in [-0.3, -0.25) is 4.79 Å². The van der Waals surface area contributed by atoms with Crippen LogP contribution in [0.25, 0.3) is 5.69 Å². The molecular weight excluding hydrogens is 248 g/mol. The summed E-state index contributed by atoms with van der Waals surface area (Å²) in [6.07, 6.45) is 5.55. The van der Waals surface area contributed by atoms with Gasteiger partial charge in [-0.15, -0.1) is 11.3 Å². The number of nitrogens with zero attached hydrogens (tertiary/aromatic N) is 1. The van der Waals surface area contributed by atoms with Crippen molar-refractivity contribution in [2.75, 3.05) is 6.61 Å². The van der Waals surface area contributed by atoms with Crippen LogP contribution in [-0.4, -0.2) is 27.7 Å². The van der Waals surface area contributed by atoms with Crippen molar-refractivity contribution in [1.29, 1.82) is 0 Å². The fraction of sp³-hybridized carbons (Fsp3) is 0.308. The molecule has 0 atom stereocenters. The Kier molecular flexibility index (Phi) is 2.72. The molecular formula is C13H14N2O2S. The van der Waals surface area contributed by atoms with Crippen LogP contribution in [0.3, 0.4) is 0 Å². The van der Waals surface area contributed by atoms with E-state index in [9.17, 15) is 9.90 Å². The topological polar surface area (TPSA) is 54.3 Å². The molecule has 5 heteroatoms. The van der Waals surface area contributed by atoms with Gasteiger partial charge in [-0.25, -0.2) is 0 Å². The minimum Gasteiger partial charge on any atom is -0.394 e. The summed E-state index contributed by atoms with van der Waals surface area (Å²) in [5.74, 6) is -0.0970. The molecule has 1 aliphatic carbocycles. The Morgan fingerprint density at radius 2 is 2.17 bits per heavy atom. The normalized spacial score (nSPS) is 16.5. The molecule has 0 aromatic carbocycles. The van der Waals surface area contributed by atoms with E-state index in [4.69, 9.17) is 0 Å². The molecule has 0 unspecified atom stereocenters. The lowest BCUT2D eigenvalue weighted by molar-refractivity contribution is 0.0911. The van der Waals surface area contributed by atoms with Gasteiger partial charge in [0.05, 0.1) is 17.8 Å². The Balaban J connectivity index is 1.85. The number of nitrogens with one attached hydrogen (secondary N) is 1. The van der Waals surface area contributed by atoms with Crippen molar-refractivity contribution in [3.63, 3.8) is 0 Å². The number of amides is 1. The molecule has 0 bridgehead atoms. The van der Waals surface area contributed by atoms with Gasteiger partial charge in [0.15, 0.2) is 0 Å². The molecule has 1 aliphatic rings. The number of aliphatic hydroxyl groups is 1. The van der Waals surface area contributed by atoms with E-state index in [1.54, 1.807) is 0 Å². The van der Waals surface area contributed by atoms with Gasteiger partial charge in [-0.1, -0.05) is 0 Å². The zero-order valence-corrected chi connectivity index (χ0v) is 10.6. The molecule has 1 fully saturated rings. The van der Waals surface area contributed by atoms with Crippen molar-refractivity contribution >= 4 is 17.2 Å². The minimum absolute atomic E-state index is 0.0168. The van der Waals surface area contributed by atoms with Crippen molar-refractivity contribution in [2.45, 2.75) is 18.4 Å². The SMILES string of the molecule is O=C(NC1(CO)CC1)c1sccc1-n1cccc1. The standard InChI is InChI=1S/C13H14N2O2S/c16-9-13(4-5-13)14-12(17)11-10(3-8-18-11)15-6-1-2-7-15/h1-3,6-8,16H,4-5,9H2,(H,14,17). The van der Waals surface area contributed by atoms with Crippen LogP contribution in [0.1, 0.15) is 22.5 Å². The molecule has 0 spiro atoms. The van der Waals surface area contributed by atoms with E-state index in [1.807, 2.05) is 40.5 Å². The highest BCUT2D eigenvalue weighted by molar-refractivity contribution is 7.12. The maximum atomic E-state index is 12.2. The largest absolute Gasteiger partial charge is 0.394 e. The average Bonchev–Trinajstić information content (AvgIpc) is 2.86. The van der Waals surface area contributed by atoms with E-state index in [0.717, 1.165) is 18.5 Å². The van der Waals surface area contributed by atoms with Crippen molar-refractivity contribution in [1.82, 2.24) is 9.88 Å². The van der Waals surface area contributed by atoms with Gasteiger partial charge >= 0.3 is 0 Å². The van der Waals surface area contributed by atoms with E-state index >= 15 is 0 Å². The highest BCUT2D eigenvalue weighted by Crippen LogP contribution is 2.35. The number of carbonyl (C=O) groups is 1. The summed E-state index contributed by atoms with van der Waals surface area (Å²) in [5, 5.41) is 14.1. The molecule has 94 valence electrons. The Hall–Kier alpha value is -1.59. The third-order valence-electron chi connectivity index (χ3n) is 3.27. The fourth-order valence-electron chi connectivity index (χ4n) is 1.94. The summed E-state index contributed by atoms with van der Waals surface area (Å²) in [6.45, 7) is 0.0168. The van der Waals surface area contributed by atoms with Gasteiger partial charge in [-0.2, -0.15) is 0 Å². The second-order valence-electron chi connectivity index (χ2n) is 4.62. The number of carbonyl (C=O) groups excluding carboxylic acids is 1. The third-order valence-corrected chi connectivity index (χ3v) is 4.17. The number of hydrogen-bond donors (Lipinski definition) is 2. The minimum atomic E-state index is -0.366. The summed E-state index contributed by atoms with van der Waals surface area (Å²) < 4.78 is 1.92. The van der Waals surface area contributed by atoms with Crippen molar-refractivity contribution in [3.8, 4) is 5.69 Å². The maximum Gasteiger partial charge on any atom is 0.264 e. The van der Waals surface area contributed by atoms with Crippen LogP contribution in [0.2, 0.25) is 0 Å². The van der Waals surface area contributed by atoms with Gasteiger partial charge in [0.25, 0.3) is 5.91 Å². The number of thiophene rings is 1. The van der Waals surface area contributed by atoms with Crippen LogP contribution < -0.4 is 5.32 Å². The number of aliphatic hydroxyl groups excluding tert-OH is 1. The van der Waals surface area contributed by atoms with Crippen molar-refractivity contribution < 1.29 is 9.90 Å². The summed E-state index contributed by atoms with van der Waals surface area (Å²) >= 11 is 1.42. The van der Waals surface area contributed by atoms with Crippen LogP contribution in [-0.2, 0) is 0 Å². The monoisotopic (exact) mass is 262 g/mol. The molecule has 2 heterocycles.